The molecule has 0 saturated heterocycles. The van der Waals surface area contributed by atoms with Crippen molar-refractivity contribution in [2.75, 3.05) is 0 Å². The molecular formula is C7H4N4. The Kier molecular flexibility index (Phi) is 0.671. The molecule has 2 aromatic rings. The number of nitrogens with zero attached hydrogens (tertiary/aromatic N) is 4. The summed E-state index contributed by atoms with van der Waals surface area (Å²) in [4.78, 5) is 12.4. The van der Waals surface area contributed by atoms with E-state index in [9.17, 15) is 0 Å². The minimum Gasteiger partial charge on any atom is -0.266 e. The number of aromatic nitrogens is 3. The molecule has 1 aliphatic heterocycles. The summed E-state index contributed by atoms with van der Waals surface area (Å²) in [6, 6.07) is 0. The van der Waals surface area contributed by atoms with Crippen molar-refractivity contribution in [1.82, 2.24) is 14.4 Å². The first-order valence-corrected chi connectivity index (χ1v) is 3.32. The van der Waals surface area contributed by atoms with Crippen LogP contribution in [0.25, 0.3) is 11.9 Å². The van der Waals surface area contributed by atoms with E-state index in [1.165, 1.54) is 0 Å². The standard InChI is InChI=1S/C7H4N4/c1-2-8-6-5(1)10-7-9-3-4-11(6)7/h1-4H. The van der Waals surface area contributed by atoms with Gasteiger partial charge in [0.1, 0.15) is 5.69 Å². The van der Waals surface area contributed by atoms with Crippen molar-refractivity contribution >= 4 is 11.9 Å². The van der Waals surface area contributed by atoms with E-state index in [2.05, 4.69) is 15.0 Å². The van der Waals surface area contributed by atoms with Crippen LogP contribution in [0.4, 0.5) is 0 Å². The number of hydrogen-bond donors (Lipinski definition) is 0. The topological polar surface area (TPSA) is 42.5 Å². The van der Waals surface area contributed by atoms with Crippen LogP contribution in [0.15, 0.2) is 23.6 Å². The molecule has 0 saturated carbocycles. The molecule has 1 aliphatic rings. The Bertz CT molecular complexity index is 494. The molecule has 11 heavy (non-hydrogen) atoms. The van der Waals surface area contributed by atoms with Crippen molar-refractivity contribution in [3.8, 4) is 0 Å². The average molecular weight is 144 g/mol. The molecule has 0 radical (unpaired) electrons. The van der Waals surface area contributed by atoms with E-state index in [1.54, 1.807) is 12.4 Å². The monoisotopic (exact) mass is 144 g/mol. The second kappa shape index (κ2) is 1.47. The zero-order chi connectivity index (χ0) is 7.26. The van der Waals surface area contributed by atoms with Gasteiger partial charge >= 0.3 is 0 Å². The van der Waals surface area contributed by atoms with Crippen LogP contribution in [0.5, 0.6) is 0 Å². The van der Waals surface area contributed by atoms with E-state index < -0.39 is 0 Å². The van der Waals surface area contributed by atoms with Crippen LogP contribution in [-0.4, -0.2) is 14.4 Å². The normalized spacial score (nSPS) is 13.8. The lowest BCUT2D eigenvalue weighted by atomic mass is 10.5. The number of rotatable bonds is 0. The Morgan fingerprint density at radius 1 is 1.36 bits per heavy atom. The molecule has 0 unspecified atom stereocenters. The molecule has 2 aromatic heterocycles. The van der Waals surface area contributed by atoms with E-state index in [4.69, 9.17) is 0 Å². The molecule has 4 heteroatoms. The number of imidazole rings is 2. The zero-order valence-electron chi connectivity index (χ0n) is 5.60. The van der Waals surface area contributed by atoms with Gasteiger partial charge in [0.05, 0.1) is 0 Å². The summed E-state index contributed by atoms with van der Waals surface area (Å²) < 4.78 is 1.87. The van der Waals surface area contributed by atoms with Gasteiger partial charge in [-0.25, -0.2) is 15.0 Å². The smallest absolute Gasteiger partial charge is 0.236 e. The van der Waals surface area contributed by atoms with E-state index in [1.807, 2.05) is 16.7 Å². The van der Waals surface area contributed by atoms with E-state index in [-0.39, 0.29) is 0 Å². The number of hydrogen-bond acceptors (Lipinski definition) is 3. The molecular weight excluding hydrogens is 140 g/mol. The summed E-state index contributed by atoms with van der Waals surface area (Å²) in [6.45, 7) is 0. The van der Waals surface area contributed by atoms with Crippen LogP contribution in [0.3, 0.4) is 0 Å². The molecule has 0 aliphatic carbocycles. The predicted octanol–water partition coefficient (Wildman–Crippen LogP) is 0.0521. The third-order valence-electron chi connectivity index (χ3n) is 1.73. The summed E-state index contributed by atoms with van der Waals surface area (Å²) in [5, 5.41) is 0. The summed E-state index contributed by atoms with van der Waals surface area (Å²) >= 11 is 0. The first kappa shape index (κ1) is 5.01. The molecule has 0 atom stereocenters. The maximum Gasteiger partial charge on any atom is 0.236 e. The van der Waals surface area contributed by atoms with Gasteiger partial charge in [-0.2, -0.15) is 0 Å². The summed E-state index contributed by atoms with van der Waals surface area (Å²) in [5.74, 6) is 0.725. The highest BCUT2D eigenvalue weighted by atomic mass is 15.1. The van der Waals surface area contributed by atoms with Gasteiger partial charge in [-0.3, -0.25) is 4.40 Å². The highest BCUT2D eigenvalue weighted by molar-refractivity contribution is 5.50. The molecule has 3 rings (SSSR count). The van der Waals surface area contributed by atoms with Crippen LogP contribution >= 0.6 is 0 Å². The molecule has 0 aromatic carbocycles. The molecule has 0 amide bonds. The van der Waals surface area contributed by atoms with Crippen LogP contribution in [-0.2, 0) is 0 Å². The Morgan fingerprint density at radius 3 is 3.36 bits per heavy atom. The van der Waals surface area contributed by atoms with Crippen LogP contribution in [0.1, 0.15) is 5.69 Å². The first-order chi connectivity index (χ1) is 5.45. The third kappa shape index (κ3) is 0.475. The fourth-order valence-corrected chi connectivity index (χ4v) is 1.24. The van der Waals surface area contributed by atoms with Crippen LogP contribution in [0, 0.1) is 0 Å². The van der Waals surface area contributed by atoms with Crippen molar-refractivity contribution in [2.24, 2.45) is 4.99 Å². The Hall–Kier alpha value is -1.71. The van der Waals surface area contributed by atoms with Gasteiger partial charge in [0, 0.05) is 18.6 Å². The average Bonchev–Trinajstić information content (AvgIpc) is 2.52. The van der Waals surface area contributed by atoms with Gasteiger partial charge in [-0.15, -0.1) is 0 Å². The highest BCUT2D eigenvalue weighted by Gasteiger charge is 2.07. The zero-order valence-corrected chi connectivity index (χ0v) is 5.60. The van der Waals surface area contributed by atoms with E-state index in [0.29, 0.717) is 0 Å². The van der Waals surface area contributed by atoms with Gasteiger partial charge in [-0.05, 0) is 6.08 Å². The molecule has 0 bridgehead atoms. The lowest BCUT2D eigenvalue weighted by Crippen LogP contribution is -2.06. The lowest BCUT2D eigenvalue weighted by Gasteiger charge is -1.75. The molecule has 52 valence electrons. The summed E-state index contributed by atoms with van der Waals surface area (Å²) in [7, 11) is 0. The highest BCUT2D eigenvalue weighted by Crippen LogP contribution is 2.02. The van der Waals surface area contributed by atoms with Gasteiger partial charge in [0.25, 0.3) is 0 Å². The second-order valence-corrected chi connectivity index (χ2v) is 2.36. The Balaban J connectivity index is 2.68. The summed E-state index contributed by atoms with van der Waals surface area (Å²) in [6.07, 6.45) is 7.20. The Labute approximate surface area is 61.9 Å². The quantitative estimate of drug-likeness (QED) is 0.524. The molecule has 3 heterocycles. The maximum absolute atomic E-state index is 4.22. The number of fused-ring (bicyclic) bond motifs is 3. The lowest BCUT2D eigenvalue weighted by molar-refractivity contribution is 1.09. The van der Waals surface area contributed by atoms with Crippen LogP contribution in [0.2, 0.25) is 0 Å². The van der Waals surface area contributed by atoms with Crippen molar-refractivity contribution < 1.29 is 0 Å². The molecule has 0 spiro atoms. The SMILES string of the molecule is C1=Cc2nc3nccn3c2=N1. The Morgan fingerprint density at radius 2 is 2.36 bits per heavy atom. The minimum absolute atomic E-state index is 0.725. The van der Waals surface area contributed by atoms with Crippen molar-refractivity contribution in [2.45, 2.75) is 0 Å². The first-order valence-electron chi connectivity index (χ1n) is 3.32. The van der Waals surface area contributed by atoms with Crippen molar-refractivity contribution in [3.05, 3.63) is 29.8 Å². The van der Waals surface area contributed by atoms with Gasteiger partial charge in [0.15, 0.2) is 5.49 Å². The summed E-state index contributed by atoms with van der Waals surface area (Å²) in [5.41, 5.74) is 1.80. The largest absolute Gasteiger partial charge is 0.266 e. The van der Waals surface area contributed by atoms with Crippen LogP contribution < -0.4 is 5.49 Å². The molecule has 0 fully saturated rings. The van der Waals surface area contributed by atoms with Gasteiger partial charge < -0.3 is 0 Å². The van der Waals surface area contributed by atoms with E-state index in [0.717, 1.165) is 17.0 Å². The van der Waals surface area contributed by atoms with Crippen molar-refractivity contribution in [3.63, 3.8) is 0 Å². The molecule has 4 nitrogen and oxygen atoms in total. The predicted molar refractivity (Wildman–Crippen MR) is 38.8 cm³/mol. The van der Waals surface area contributed by atoms with Gasteiger partial charge in [-0.1, -0.05) is 0 Å². The maximum atomic E-state index is 4.22. The minimum atomic E-state index is 0.725. The fraction of sp³-hybridized carbons (Fsp3) is 0. The van der Waals surface area contributed by atoms with Gasteiger partial charge in [0.2, 0.25) is 5.78 Å². The fourth-order valence-electron chi connectivity index (χ4n) is 1.24. The third-order valence-corrected chi connectivity index (χ3v) is 1.73. The van der Waals surface area contributed by atoms with E-state index >= 15 is 0 Å². The van der Waals surface area contributed by atoms with Crippen molar-refractivity contribution in [1.29, 1.82) is 0 Å². The molecule has 0 N–H and O–H groups in total. The second-order valence-electron chi connectivity index (χ2n) is 2.36.